The standard InChI is InChI=1S/C20H33NO7/c1-15-13-17(26-5)19(18(14-15)27-6)28-20(22)16(7-10-23-2)21(8-11-24-3)9-12-25-4/h13-14,16H,7-12H2,1-6H3. The van der Waals surface area contributed by atoms with E-state index in [-0.39, 0.29) is 5.75 Å². The van der Waals surface area contributed by atoms with Crippen LogP contribution in [0, 0.1) is 6.92 Å². The number of nitrogens with zero attached hydrogens (tertiary/aromatic N) is 1. The zero-order chi connectivity index (χ0) is 20.9. The molecule has 1 atom stereocenters. The summed E-state index contributed by atoms with van der Waals surface area (Å²) in [7, 11) is 7.90. The SMILES string of the molecule is COCCC(C(=O)Oc1c(OC)cc(C)cc1OC)N(CCOC)CCOC. The van der Waals surface area contributed by atoms with Gasteiger partial charge in [0, 0.05) is 41.0 Å². The zero-order valence-electron chi connectivity index (χ0n) is 17.8. The molecule has 160 valence electrons. The number of hydrogen-bond donors (Lipinski definition) is 0. The van der Waals surface area contributed by atoms with Crippen molar-refractivity contribution in [3.63, 3.8) is 0 Å². The topological polar surface area (TPSA) is 75.7 Å². The van der Waals surface area contributed by atoms with Crippen LogP contribution in [-0.2, 0) is 19.0 Å². The molecule has 1 unspecified atom stereocenters. The Balaban J connectivity index is 3.12. The van der Waals surface area contributed by atoms with Crippen LogP contribution in [-0.4, -0.2) is 85.4 Å². The highest BCUT2D eigenvalue weighted by molar-refractivity contribution is 5.80. The second-order valence-electron chi connectivity index (χ2n) is 6.24. The fourth-order valence-corrected chi connectivity index (χ4v) is 2.80. The molecule has 28 heavy (non-hydrogen) atoms. The molecule has 0 saturated heterocycles. The van der Waals surface area contributed by atoms with Crippen molar-refractivity contribution in [3.8, 4) is 17.2 Å². The van der Waals surface area contributed by atoms with Crippen LogP contribution in [0.25, 0.3) is 0 Å². The zero-order valence-corrected chi connectivity index (χ0v) is 17.8. The maximum absolute atomic E-state index is 13.1. The lowest BCUT2D eigenvalue weighted by molar-refractivity contribution is -0.142. The second kappa shape index (κ2) is 13.3. The smallest absolute Gasteiger partial charge is 0.329 e. The Morgan fingerprint density at radius 3 is 1.82 bits per heavy atom. The van der Waals surface area contributed by atoms with E-state index in [4.69, 9.17) is 28.4 Å². The molecule has 8 nitrogen and oxygen atoms in total. The molecule has 0 spiro atoms. The first-order chi connectivity index (χ1) is 13.5. The van der Waals surface area contributed by atoms with E-state index in [1.54, 1.807) is 33.5 Å². The monoisotopic (exact) mass is 399 g/mol. The molecule has 0 fully saturated rings. The highest BCUT2D eigenvalue weighted by Gasteiger charge is 2.29. The first-order valence-electron chi connectivity index (χ1n) is 9.17. The number of benzene rings is 1. The van der Waals surface area contributed by atoms with Crippen LogP contribution >= 0.6 is 0 Å². The van der Waals surface area contributed by atoms with Crippen LogP contribution in [0.2, 0.25) is 0 Å². The van der Waals surface area contributed by atoms with Gasteiger partial charge in [0.05, 0.1) is 27.4 Å². The maximum Gasteiger partial charge on any atom is 0.329 e. The van der Waals surface area contributed by atoms with Gasteiger partial charge >= 0.3 is 5.97 Å². The third kappa shape index (κ3) is 7.27. The molecule has 1 aromatic carbocycles. The fourth-order valence-electron chi connectivity index (χ4n) is 2.80. The summed E-state index contributed by atoms with van der Waals surface area (Å²) < 4.78 is 32.1. The first kappa shape index (κ1) is 24.2. The average Bonchev–Trinajstić information content (AvgIpc) is 2.70. The normalized spacial score (nSPS) is 12.1. The van der Waals surface area contributed by atoms with E-state index in [0.29, 0.717) is 50.8 Å². The molecule has 0 aromatic heterocycles. The van der Waals surface area contributed by atoms with Crippen LogP contribution in [0.3, 0.4) is 0 Å². The molecule has 0 saturated carbocycles. The van der Waals surface area contributed by atoms with E-state index >= 15 is 0 Å². The molecule has 0 heterocycles. The summed E-state index contributed by atoms with van der Waals surface area (Å²) in [5.74, 6) is 0.734. The average molecular weight is 399 g/mol. The third-order valence-electron chi connectivity index (χ3n) is 4.28. The number of hydrogen-bond acceptors (Lipinski definition) is 8. The van der Waals surface area contributed by atoms with E-state index in [2.05, 4.69) is 0 Å². The van der Waals surface area contributed by atoms with Crippen molar-refractivity contribution < 1.29 is 33.2 Å². The van der Waals surface area contributed by atoms with Crippen LogP contribution in [0.15, 0.2) is 12.1 Å². The molecule has 0 N–H and O–H groups in total. The van der Waals surface area contributed by atoms with Gasteiger partial charge in [-0.05, 0) is 31.0 Å². The van der Waals surface area contributed by atoms with Gasteiger partial charge in [0.25, 0.3) is 0 Å². The number of carbonyl (C=O) groups is 1. The van der Waals surface area contributed by atoms with E-state index in [1.807, 2.05) is 11.8 Å². The van der Waals surface area contributed by atoms with Gasteiger partial charge in [0.2, 0.25) is 5.75 Å². The maximum atomic E-state index is 13.1. The van der Waals surface area contributed by atoms with Gasteiger partial charge in [0.15, 0.2) is 11.5 Å². The largest absolute Gasteiger partial charge is 0.493 e. The number of aryl methyl sites for hydroxylation is 1. The Labute approximate surface area is 167 Å². The van der Waals surface area contributed by atoms with Crippen molar-refractivity contribution in [1.82, 2.24) is 4.90 Å². The number of carbonyl (C=O) groups excluding carboxylic acids is 1. The Kier molecular flexibility index (Phi) is 11.5. The minimum Gasteiger partial charge on any atom is -0.493 e. The summed E-state index contributed by atoms with van der Waals surface area (Å²) in [6.07, 6.45) is 0.471. The number of ether oxygens (including phenoxy) is 6. The molecule has 0 amide bonds. The predicted molar refractivity (Wildman–Crippen MR) is 106 cm³/mol. The van der Waals surface area contributed by atoms with Crippen LogP contribution in [0.5, 0.6) is 17.2 Å². The van der Waals surface area contributed by atoms with Crippen molar-refractivity contribution >= 4 is 5.97 Å². The Morgan fingerprint density at radius 1 is 0.893 bits per heavy atom. The van der Waals surface area contributed by atoms with E-state index in [0.717, 1.165) is 5.56 Å². The minimum atomic E-state index is -0.527. The van der Waals surface area contributed by atoms with Crippen molar-refractivity contribution in [2.24, 2.45) is 0 Å². The van der Waals surface area contributed by atoms with Crippen LogP contribution in [0.4, 0.5) is 0 Å². The van der Waals surface area contributed by atoms with Gasteiger partial charge in [-0.15, -0.1) is 0 Å². The van der Waals surface area contributed by atoms with Crippen molar-refractivity contribution in [2.45, 2.75) is 19.4 Å². The Hall–Kier alpha value is -1.87. The number of esters is 1. The second-order valence-corrected chi connectivity index (χ2v) is 6.24. The summed E-state index contributed by atoms with van der Waals surface area (Å²) in [4.78, 5) is 15.1. The van der Waals surface area contributed by atoms with Crippen LogP contribution < -0.4 is 14.2 Å². The van der Waals surface area contributed by atoms with E-state index in [9.17, 15) is 4.79 Å². The summed E-state index contributed by atoms with van der Waals surface area (Å²) in [5.41, 5.74) is 0.936. The van der Waals surface area contributed by atoms with Crippen LogP contribution in [0.1, 0.15) is 12.0 Å². The minimum absolute atomic E-state index is 0.265. The Bertz CT molecular complexity index is 561. The van der Waals surface area contributed by atoms with Gasteiger partial charge in [-0.1, -0.05) is 0 Å². The highest BCUT2D eigenvalue weighted by Crippen LogP contribution is 2.38. The Morgan fingerprint density at radius 2 is 1.39 bits per heavy atom. The molecule has 0 aliphatic rings. The van der Waals surface area contributed by atoms with E-state index in [1.165, 1.54) is 14.2 Å². The number of rotatable bonds is 14. The van der Waals surface area contributed by atoms with Crippen molar-refractivity contribution in [3.05, 3.63) is 17.7 Å². The lowest BCUT2D eigenvalue weighted by atomic mass is 10.1. The fraction of sp³-hybridized carbons (Fsp3) is 0.650. The van der Waals surface area contributed by atoms with Gasteiger partial charge in [-0.3, -0.25) is 4.90 Å². The molecule has 0 radical (unpaired) electrons. The van der Waals surface area contributed by atoms with Gasteiger partial charge in [0.1, 0.15) is 6.04 Å². The van der Waals surface area contributed by atoms with Gasteiger partial charge in [-0.2, -0.15) is 0 Å². The summed E-state index contributed by atoms with van der Waals surface area (Å²) in [6, 6.07) is 3.06. The van der Waals surface area contributed by atoms with Crippen molar-refractivity contribution in [2.75, 3.05) is 68.5 Å². The third-order valence-corrected chi connectivity index (χ3v) is 4.28. The molecule has 1 aromatic rings. The molecule has 0 aliphatic heterocycles. The van der Waals surface area contributed by atoms with Crippen molar-refractivity contribution in [1.29, 1.82) is 0 Å². The molecular weight excluding hydrogens is 366 g/mol. The first-order valence-corrected chi connectivity index (χ1v) is 9.17. The highest BCUT2D eigenvalue weighted by atomic mass is 16.6. The summed E-state index contributed by atoms with van der Waals surface area (Å²) in [6.45, 7) is 4.42. The van der Waals surface area contributed by atoms with Gasteiger partial charge in [-0.25, -0.2) is 4.79 Å². The lowest BCUT2D eigenvalue weighted by Gasteiger charge is -2.30. The molecule has 8 heteroatoms. The summed E-state index contributed by atoms with van der Waals surface area (Å²) >= 11 is 0. The molecular formula is C20H33NO7. The van der Waals surface area contributed by atoms with Gasteiger partial charge < -0.3 is 28.4 Å². The quantitative estimate of drug-likeness (QED) is 0.347. The lowest BCUT2D eigenvalue weighted by Crippen LogP contribution is -2.47. The predicted octanol–water partition coefficient (Wildman–Crippen LogP) is 1.92. The summed E-state index contributed by atoms with van der Waals surface area (Å²) in [5, 5.41) is 0. The molecule has 1 rings (SSSR count). The molecule has 0 aliphatic carbocycles. The molecule has 0 bridgehead atoms. The number of methoxy groups -OCH3 is 5. The van der Waals surface area contributed by atoms with E-state index < -0.39 is 12.0 Å².